The van der Waals surface area contributed by atoms with E-state index in [1.807, 2.05) is 30.3 Å². The van der Waals surface area contributed by atoms with Crippen LogP contribution in [0.2, 0.25) is 5.15 Å². The molecule has 0 saturated heterocycles. The first kappa shape index (κ1) is 16.8. The van der Waals surface area contributed by atoms with Crippen molar-refractivity contribution < 1.29 is 19.4 Å². The molecule has 120 valence electrons. The van der Waals surface area contributed by atoms with Gasteiger partial charge in [-0.05, 0) is 17.7 Å². The minimum atomic E-state index is -1.07. The van der Waals surface area contributed by atoms with E-state index in [1.165, 1.54) is 0 Å². The lowest BCUT2D eigenvalue weighted by Gasteiger charge is -2.16. The first-order valence-electron chi connectivity index (χ1n) is 6.86. The molecule has 0 spiro atoms. The zero-order valence-electron chi connectivity index (χ0n) is 12.1. The molecule has 0 bridgehead atoms. The van der Waals surface area contributed by atoms with Gasteiger partial charge in [-0.3, -0.25) is 4.79 Å². The summed E-state index contributed by atoms with van der Waals surface area (Å²) in [7, 11) is 0. The Morgan fingerprint density at radius 1 is 1.17 bits per heavy atom. The van der Waals surface area contributed by atoms with Gasteiger partial charge in [-0.1, -0.05) is 48.0 Å². The van der Waals surface area contributed by atoms with Gasteiger partial charge in [-0.2, -0.15) is 0 Å². The summed E-state index contributed by atoms with van der Waals surface area (Å²) in [6.45, 7) is 0.0927. The lowest BCUT2D eigenvalue weighted by atomic mass is 10.1. The van der Waals surface area contributed by atoms with Crippen LogP contribution in [0.15, 0.2) is 48.5 Å². The number of carbonyl (C=O) groups excluding carboxylic acids is 1. The molecule has 0 aliphatic carbocycles. The monoisotopic (exact) mass is 334 g/mol. The van der Waals surface area contributed by atoms with E-state index in [0.29, 0.717) is 5.69 Å². The Labute approximate surface area is 138 Å². The molecule has 1 aromatic carbocycles. The normalized spacial score (nSPS) is 11.5. The highest BCUT2D eigenvalue weighted by atomic mass is 35.5. The van der Waals surface area contributed by atoms with Crippen molar-refractivity contribution >= 4 is 23.7 Å². The van der Waals surface area contributed by atoms with Gasteiger partial charge < -0.3 is 15.2 Å². The van der Waals surface area contributed by atoms with Crippen LogP contribution in [0.25, 0.3) is 0 Å². The van der Waals surface area contributed by atoms with Gasteiger partial charge in [0.05, 0.1) is 18.2 Å². The number of aromatic nitrogens is 1. The molecule has 0 aliphatic heterocycles. The minimum absolute atomic E-state index is 0.0927. The van der Waals surface area contributed by atoms with E-state index in [-0.39, 0.29) is 18.2 Å². The molecule has 0 saturated carbocycles. The van der Waals surface area contributed by atoms with Crippen molar-refractivity contribution in [2.75, 3.05) is 0 Å². The number of ether oxygens (including phenoxy) is 1. The number of alkyl carbamates (subject to hydrolysis) is 1. The number of aliphatic carboxylic acids is 1. The maximum atomic E-state index is 11.9. The highest BCUT2D eigenvalue weighted by Gasteiger charge is 2.20. The van der Waals surface area contributed by atoms with E-state index in [0.717, 1.165) is 5.56 Å². The zero-order valence-corrected chi connectivity index (χ0v) is 12.9. The predicted octanol–water partition coefficient (Wildman–Crippen LogP) is 3.18. The number of pyridine rings is 1. The van der Waals surface area contributed by atoms with Crippen molar-refractivity contribution in [2.24, 2.45) is 0 Å². The van der Waals surface area contributed by atoms with E-state index in [1.54, 1.807) is 18.2 Å². The summed E-state index contributed by atoms with van der Waals surface area (Å²) in [5.74, 6) is -1.07. The average molecular weight is 335 g/mol. The number of nitrogens with one attached hydrogen (secondary N) is 1. The SMILES string of the molecule is O=C(O)C[C@H](NC(=O)OCc1ccccc1)c1cccc(Cl)n1. The Bertz CT molecular complexity index is 679. The number of carboxylic acid groups (broad SMARTS) is 1. The summed E-state index contributed by atoms with van der Waals surface area (Å²) in [5.41, 5.74) is 1.19. The largest absolute Gasteiger partial charge is 0.481 e. The maximum absolute atomic E-state index is 11.9. The minimum Gasteiger partial charge on any atom is -0.481 e. The van der Waals surface area contributed by atoms with Gasteiger partial charge >= 0.3 is 12.1 Å². The van der Waals surface area contributed by atoms with Gasteiger partial charge in [-0.25, -0.2) is 9.78 Å². The van der Waals surface area contributed by atoms with Crippen molar-refractivity contribution in [3.8, 4) is 0 Å². The molecule has 7 heteroatoms. The van der Waals surface area contributed by atoms with Crippen LogP contribution in [-0.4, -0.2) is 22.2 Å². The van der Waals surface area contributed by atoms with Crippen molar-refractivity contribution in [1.82, 2.24) is 10.3 Å². The summed E-state index contributed by atoms with van der Waals surface area (Å²) >= 11 is 5.80. The molecular weight excluding hydrogens is 320 g/mol. The summed E-state index contributed by atoms with van der Waals surface area (Å²) in [6.07, 6.45) is -1.05. The Hall–Kier alpha value is -2.60. The molecule has 0 aliphatic rings. The topological polar surface area (TPSA) is 88.5 Å². The summed E-state index contributed by atoms with van der Waals surface area (Å²) < 4.78 is 5.09. The third-order valence-corrected chi connectivity index (χ3v) is 3.19. The van der Waals surface area contributed by atoms with E-state index >= 15 is 0 Å². The number of amides is 1. The summed E-state index contributed by atoms with van der Waals surface area (Å²) in [6, 6.07) is 13.1. The Morgan fingerprint density at radius 2 is 1.91 bits per heavy atom. The van der Waals surface area contributed by atoms with Crippen molar-refractivity contribution in [1.29, 1.82) is 0 Å². The fraction of sp³-hybridized carbons (Fsp3) is 0.188. The second-order valence-electron chi connectivity index (χ2n) is 4.74. The highest BCUT2D eigenvalue weighted by molar-refractivity contribution is 6.29. The standard InChI is InChI=1S/C16H15ClN2O4/c17-14-8-4-7-12(18-14)13(9-15(20)21)19-16(22)23-10-11-5-2-1-3-6-11/h1-8,13H,9-10H2,(H,19,22)(H,20,21)/t13-/m0/s1. The van der Waals surface area contributed by atoms with Crippen LogP contribution in [0.3, 0.4) is 0 Å². The first-order valence-corrected chi connectivity index (χ1v) is 7.24. The van der Waals surface area contributed by atoms with Crippen molar-refractivity contribution in [3.63, 3.8) is 0 Å². The Balaban J connectivity index is 1.99. The van der Waals surface area contributed by atoms with Crippen LogP contribution >= 0.6 is 11.6 Å². The second-order valence-corrected chi connectivity index (χ2v) is 5.13. The molecular formula is C16H15ClN2O4. The van der Waals surface area contributed by atoms with Gasteiger partial charge in [0.25, 0.3) is 0 Å². The zero-order chi connectivity index (χ0) is 16.7. The second kappa shape index (κ2) is 8.14. The number of carbonyl (C=O) groups is 2. The molecule has 0 radical (unpaired) electrons. The van der Waals surface area contributed by atoms with Crippen molar-refractivity contribution in [3.05, 3.63) is 64.9 Å². The number of rotatable bonds is 6. The molecule has 0 fully saturated rings. The molecule has 1 aromatic heterocycles. The van der Waals surface area contributed by atoms with E-state index in [2.05, 4.69) is 10.3 Å². The predicted molar refractivity (Wildman–Crippen MR) is 84.0 cm³/mol. The Morgan fingerprint density at radius 3 is 2.57 bits per heavy atom. The first-order chi connectivity index (χ1) is 11.0. The van der Waals surface area contributed by atoms with Gasteiger partial charge in [0, 0.05) is 0 Å². The molecule has 23 heavy (non-hydrogen) atoms. The van der Waals surface area contributed by atoms with Crippen LogP contribution in [0.1, 0.15) is 23.7 Å². The molecule has 1 amide bonds. The third kappa shape index (κ3) is 5.60. The van der Waals surface area contributed by atoms with Gasteiger partial charge in [-0.15, -0.1) is 0 Å². The van der Waals surface area contributed by atoms with Gasteiger partial charge in [0.15, 0.2) is 0 Å². The fourth-order valence-corrected chi connectivity index (χ4v) is 2.10. The Kier molecular flexibility index (Phi) is 5.94. The third-order valence-electron chi connectivity index (χ3n) is 2.98. The molecule has 0 unspecified atom stereocenters. The summed E-state index contributed by atoms with van der Waals surface area (Å²) in [5, 5.41) is 11.7. The van der Waals surface area contributed by atoms with Gasteiger partial charge in [0.2, 0.25) is 0 Å². The molecule has 6 nitrogen and oxygen atoms in total. The van der Waals surface area contributed by atoms with E-state index in [9.17, 15) is 9.59 Å². The smallest absolute Gasteiger partial charge is 0.408 e. The maximum Gasteiger partial charge on any atom is 0.408 e. The summed E-state index contributed by atoms with van der Waals surface area (Å²) in [4.78, 5) is 26.9. The van der Waals surface area contributed by atoms with Crippen LogP contribution in [0, 0.1) is 0 Å². The van der Waals surface area contributed by atoms with Crippen LogP contribution < -0.4 is 5.32 Å². The fourth-order valence-electron chi connectivity index (χ4n) is 1.93. The molecule has 1 atom stereocenters. The van der Waals surface area contributed by atoms with Crippen LogP contribution in [0.4, 0.5) is 4.79 Å². The number of hydrogen-bond donors (Lipinski definition) is 2. The van der Waals surface area contributed by atoms with Crippen molar-refractivity contribution in [2.45, 2.75) is 19.1 Å². The lowest BCUT2D eigenvalue weighted by molar-refractivity contribution is -0.137. The van der Waals surface area contributed by atoms with E-state index < -0.39 is 18.1 Å². The molecule has 1 heterocycles. The van der Waals surface area contributed by atoms with Gasteiger partial charge in [0.1, 0.15) is 11.8 Å². The molecule has 2 N–H and O–H groups in total. The van der Waals surface area contributed by atoms with Crippen LogP contribution in [-0.2, 0) is 16.1 Å². The average Bonchev–Trinajstić information content (AvgIpc) is 2.53. The number of nitrogens with zero attached hydrogens (tertiary/aromatic N) is 1. The quantitative estimate of drug-likeness (QED) is 0.792. The highest BCUT2D eigenvalue weighted by Crippen LogP contribution is 2.17. The van der Waals surface area contributed by atoms with E-state index in [4.69, 9.17) is 21.4 Å². The molecule has 2 rings (SSSR count). The number of hydrogen-bond acceptors (Lipinski definition) is 4. The number of halogens is 1. The lowest BCUT2D eigenvalue weighted by Crippen LogP contribution is -2.31. The number of benzene rings is 1. The van der Waals surface area contributed by atoms with Crippen LogP contribution in [0.5, 0.6) is 0 Å². The number of carboxylic acids is 1. The molecule has 2 aromatic rings.